The van der Waals surface area contributed by atoms with Crippen LogP contribution in [0.5, 0.6) is 0 Å². The highest BCUT2D eigenvalue weighted by Crippen LogP contribution is 2.27. The zero-order valence-corrected chi connectivity index (χ0v) is 13.2. The number of hydrogen-bond acceptors (Lipinski definition) is 3. The summed E-state index contributed by atoms with van der Waals surface area (Å²) in [4.78, 5) is 14.2. The minimum absolute atomic E-state index is 0.107. The Hall–Kier alpha value is -1.26. The van der Waals surface area contributed by atoms with E-state index in [2.05, 4.69) is 32.9 Å². The molecular weight excluding hydrogens is 254 g/mol. The van der Waals surface area contributed by atoms with Crippen molar-refractivity contribution in [2.75, 3.05) is 13.1 Å². The van der Waals surface area contributed by atoms with Crippen LogP contribution in [0.1, 0.15) is 53.4 Å². The minimum atomic E-state index is 0.107. The van der Waals surface area contributed by atoms with Crippen LogP contribution in [0.4, 0.5) is 0 Å². The molecule has 1 fully saturated rings. The van der Waals surface area contributed by atoms with Crippen molar-refractivity contribution in [1.29, 1.82) is 0 Å². The van der Waals surface area contributed by atoms with E-state index in [1.807, 2.05) is 4.90 Å². The molecular formula is C15H29N3O2. The highest BCUT2D eigenvalue weighted by Gasteiger charge is 2.26. The van der Waals surface area contributed by atoms with E-state index in [0.29, 0.717) is 25.4 Å². The van der Waals surface area contributed by atoms with E-state index in [1.165, 1.54) is 0 Å². The van der Waals surface area contributed by atoms with Crippen molar-refractivity contribution in [3.8, 4) is 0 Å². The number of amidine groups is 1. The van der Waals surface area contributed by atoms with E-state index in [-0.39, 0.29) is 23.1 Å². The maximum Gasteiger partial charge on any atom is 0.222 e. The van der Waals surface area contributed by atoms with Crippen LogP contribution in [-0.4, -0.2) is 34.9 Å². The number of carbonyl (C=O) groups excluding carboxylic acids is 1. The second kappa shape index (κ2) is 6.95. The van der Waals surface area contributed by atoms with Crippen LogP contribution in [0.15, 0.2) is 5.16 Å². The SMILES string of the molecule is CC(CC(=O)N1CCC(C(N)=NO)CC1)CC(C)(C)C. The summed E-state index contributed by atoms with van der Waals surface area (Å²) in [7, 11) is 0. The maximum atomic E-state index is 12.3. The van der Waals surface area contributed by atoms with Gasteiger partial charge in [-0.15, -0.1) is 0 Å². The Labute approximate surface area is 122 Å². The number of carbonyl (C=O) groups is 1. The predicted octanol–water partition coefficient (Wildman–Crippen LogP) is 2.43. The van der Waals surface area contributed by atoms with Gasteiger partial charge in [0.15, 0.2) is 0 Å². The minimum Gasteiger partial charge on any atom is -0.409 e. The van der Waals surface area contributed by atoms with Crippen molar-refractivity contribution < 1.29 is 10.0 Å². The van der Waals surface area contributed by atoms with Crippen molar-refractivity contribution in [3.05, 3.63) is 0 Å². The molecule has 20 heavy (non-hydrogen) atoms. The van der Waals surface area contributed by atoms with E-state index in [0.717, 1.165) is 19.3 Å². The van der Waals surface area contributed by atoms with Crippen LogP contribution in [0.2, 0.25) is 0 Å². The van der Waals surface area contributed by atoms with E-state index in [9.17, 15) is 4.79 Å². The predicted molar refractivity (Wildman–Crippen MR) is 80.6 cm³/mol. The molecule has 0 aromatic carbocycles. The van der Waals surface area contributed by atoms with E-state index in [1.54, 1.807) is 0 Å². The molecule has 1 atom stereocenters. The molecule has 5 nitrogen and oxygen atoms in total. The Bertz CT molecular complexity index is 353. The lowest BCUT2D eigenvalue weighted by Crippen LogP contribution is -2.42. The number of oxime groups is 1. The first-order valence-corrected chi connectivity index (χ1v) is 7.48. The van der Waals surface area contributed by atoms with E-state index < -0.39 is 0 Å². The number of nitrogens with zero attached hydrogens (tertiary/aromatic N) is 2. The van der Waals surface area contributed by atoms with Gasteiger partial charge in [-0.3, -0.25) is 4.79 Å². The third-order valence-electron chi connectivity index (χ3n) is 3.87. The molecule has 1 aliphatic rings. The number of nitrogens with two attached hydrogens (primary N) is 1. The van der Waals surface area contributed by atoms with Crippen molar-refractivity contribution in [2.24, 2.45) is 28.1 Å². The molecule has 0 aromatic heterocycles. The van der Waals surface area contributed by atoms with Crippen molar-refractivity contribution in [2.45, 2.75) is 53.4 Å². The van der Waals surface area contributed by atoms with Crippen LogP contribution >= 0.6 is 0 Å². The second-order valence-corrected chi connectivity index (χ2v) is 7.25. The summed E-state index contributed by atoms with van der Waals surface area (Å²) in [5.41, 5.74) is 5.88. The molecule has 0 aliphatic carbocycles. The molecule has 1 unspecified atom stereocenters. The number of hydrogen-bond donors (Lipinski definition) is 2. The van der Waals surface area contributed by atoms with Crippen LogP contribution in [0.3, 0.4) is 0 Å². The fourth-order valence-electron chi connectivity index (χ4n) is 3.05. The lowest BCUT2D eigenvalue weighted by Gasteiger charge is -2.32. The fourth-order valence-corrected chi connectivity index (χ4v) is 3.05. The van der Waals surface area contributed by atoms with Gasteiger partial charge in [-0.2, -0.15) is 0 Å². The third-order valence-corrected chi connectivity index (χ3v) is 3.87. The summed E-state index contributed by atoms with van der Waals surface area (Å²) in [6, 6.07) is 0. The van der Waals surface area contributed by atoms with Gasteiger partial charge in [0.1, 0.15) is 5.84 Å². The average Bonchev–Trinajstić information content (AvgIpc) is 2.35. The molecule has 0 saturated carbocycles. The fraction of sp³-hybridized carbons (Fsp3) is 0.867. The van der Waals surface area contributed by atoms with Gasteiger partial charge in [0.2, 0.25) is 5.91 Å². The molecule has 1 saturated heterocycles. The number of rotatable bonds is 4. The molecule has 0 radical (unpaired) electrons. The molecule has 0 spiro atoms. The lowest BCUT2D eigenvalue weighted by molar-refractivity contribution is -0.133. The molecule has 5 heteroatoms. The monoisotopic (exact) mass is 283 g/mol. The summed E-state index contributed by atoms with van der Waals surface area (Å²) in [5, 5.41) is 11.7. The maximum absolute atomic E-state index is 12.3. The van der Waals surface area contributed by atoms with Crippen LogP contribution in [-0.2, 0) is 4.79 Å². The number of amides is 1. The van der Waals surface area contributed by atoms with Crippen LogP contribution in [0, 0.1) is 17.3 Å². The summed E-state index contributed by atoms with van der Waals surface area (Å²) < 4.78 is 0. The quantitative estimate of drug-likeness (QED) is 0.360. The standard InChI is InChI=1S/C15H29N3O2/c1-11(10-15(2,3)4)9-13(19)18-7-5-12(6-8-18)14(16)17-20/h11-12,20H,5-10H2,1-4H3,(H2,16,17). The largest absolute Gasteiger partial charge is 0.409 e. The number of piperidine rings is 1. The Morgan fingerprint density at radius 1 is 1.40 bits per heavy atom. The highest BCUT2D eigenvalue weighted by molar-refractivity contribution is 5.83. The van der Waals surface area contributed by atoms with Crippen LogP contribution in [0.25, 0.3) is 0 Å². The Balaban J connectivity index is 2.40. The van der Waals surface area contributed by atoms with E-state index >= 15 is 0 Å². The Morgan fingerprint density at radius 3 is 2.40 bits per heavy atom. The van der Waals surface area contributed by atoms with Gasteiger partial charge >= 0.3 is 0 Å². The molecule has 1 heterocycles. The van der Waals surface area contributed by atoms with Gasteiger partial charge in [0, 0.05) is 25.4 Å². The molecule has 116 valence electrons. The van der Waals surface area contributed by atoms with Gasteiger partial charge in [-0.1, -0.05) is 32.9 Å². The Morgan fingerprint density at radius 2 is 1.95 bits per heavy atom. The summed E-state index contributed by atoms with van der Waals surface area (Å²) >= 11 is 0. The first kappa shape index (κ1) is 16.8. The van der Waals surface area contributed by atoms with Crippen molar-refractivity contribution in [3.63, 3.8) is 0 Å². The molecule has 0 bridgehead atoms. The summed E-state index contributed by atoms with van der Waals surface area (Å²) in [6.07, 6.45) is 3.25. The highest BCUT2D eigenvalue weighted by atomic mass is 16.4. The molecule has 0 aromatic rings. The van der Waals surface area contributed by atoms with Gasteiger partial charge in [-0.25, -0.2) is 0 Å². The van der Waals surface area contributed by atoms with Crippen molar-refractivity contribution in [1.82, 2.24) is 4.90 Å². The lowest BCUT2D eigenvalue weighted by atomic mass is 9.84. The second-order valence-electron chi connectivity index (χ2n) is 7.25. The number of likely N-dealkylation sites (tertiary alicyclic amines) is 1. The molecule has 1 rings (SSSR count). The summed E-state index contributed by atoms with van der Waals surface area (Å²) in [6.45, 7) is 10.2. The van der Waals surface area contributed by atoms with Gasteiger partial charge in [-0.05, 0) is 30.6 Å². The van der Waals surface area contributed by atoms with Crippen LogP contribution < -0.4 is 5.73 Å². The molecule has 1 aliphatic heterocycles. The zero-order valence-electron chi connectivity index (χ0n) is 13.2. The first-order valence-electron chi connectivity index (χ1n) is 7.48. The molecule has 1 amide bonds. The zero-order chi connectivity index (χ0) is 15.3. The topological polar surface area (TPSA) is 78.9 Å². The van der Waals surface area contributed by atoms with Gasteiger partial charge in [0.25, 0.3) is 0 Å². The molecule has 3 N–H and O–H groups in total. The third kappa shape index (κ3) is 5.39. The summed E-state index contributed by atoms with van der Waals surface area (Å²) in [5.74, 6) is 1.04. The normalized spacial score (nSPS) is 20.0. The van der Waals surface area contributed by atoms with Crippen molar-refractivity contribution >= 4 is 11.7 Å². The van der Waals surface area contributed by atoms with Gasteiger partial charge < -0.3 is 15.8 Å². The Kier molecular flexibility index (Phi) is 5.84. The first-order chi connectivity index (χ1) is 9.23. The van der Waals surface area contributed by atoms with E-state index in [4.69, 9.17) is 10.9 Å². The smallest absolute Gasteiger partial charge is 0.222 e. The van der Waals surface area contributed by atoms with Gasteiger partial charge in [0.05, 0.1) is 0 Å². The average molecular weight is 283 g/mol.